The van der Waals surface area contributed by atoms with Gasteiger partial charge in [0.15, 0.2) is 0 Å². The van der Waals surface area contributed by atoms with Crippen LogP contribution >= 0.6 is 0 Å². The highest BCUT2D eigenvalue weighted by atomic mass is 16.3. The summed E-state index contributed by atoms with van der Waals surface area (Å²) >= 11 is 0. The van der Waals surface area contributed by atoms with Crippen LogP contribution in [0.15, 0.2) is 182 Å². The van der Waals surface area contributed by atoms with Crippen molar-refractivity contribution in [3.63, 3.8) is 0 Å². The maximum atomic E-state index is 16.1. The Bertz CT molecular complexity index is 2690. The Hall–Kier alpha value is -6.86. The minimum absolute atomic E-state index is 0.212. The molecule has 2 amide bonds. The number of nitrogens with one attached hydrogen (secondary N) is 2. The first-order valence-corrected chi connectivity index (χ1v) is 23.6. The van der Waals surface area contributed by atoms with Crippen molar-refractivity contribution in [3.05, 3.63) is 238 Å². The molecule has 0 heterocycles. The van der Waals surface area contributed by atoms with Crippen LogP contribution < -0.4 is 10.6 Å². The fourth-order valence-corrected chi connectivity index (χ4v) is 10.1. The number of carbonyl (C=O) groups excluding carboxylic acids is 2. The van der Waals surface area contributed by atoms with Gasteiger partial charge < -0.3 is 20.8 Å². The lowest BCUT2D eigenvalue weighted by molar-refractivity contribution is -0.148. The molecule has 0 unspecified atom stereocenters. The monoisotopic (exact) mass is 886 g/mol. The Kier molecular flexibility index (Phi) is 13.6. The highest BCUT2D eigenvalue weighted by Gasteiger charge is 2.52. The number of amides is 2. The molecule has 6 heteroatoms. The van der Waals surface area contributed by atoms with Gasteiger partial charge in [-0.3, -0.25) is 9.59 Å². The molecule has 340 valence electrons. The Morgan fingerprint density at radius 2 is 0.701 bits per heavy atom. The van der Waals surface area contributed by atoms with E-state index in [0.717, 1.165) is 43.8 Å². The first-order valence-electron chi connectivity index (χ1n) is 23.6. The highest BCUT2D eigenvalue weighted by molar-refractivity contribution is 6.06. The number of hydrogen-bond donors (Lipinski definition) is 4. The van der Waals surface area contributed by atoms with Crippen molar-refractivity contribution >= 4 is 33.4 Å². The number of carbonyl (C=O) groups is 2. The van der Waals surface area contributed by atoms with Gasteiger partial charge in [-0.2, -0.15) is 0 Å². The second-order valence-corrected chi connectivity index (χ2v) is 18.5. The van der Waals surface area contributed by atoms with Crippen molar-refractivity contribution in [2.24, 2.45) is 5.41 Å². The Morgan fingerprint density at radius 1 is 0.418 bits per heavy atom. The third kappa shape index (κ3) is 8.92. The summed E-state index contributed by atoms with van der Waals surface area (Å²) < 4.78 is 0. The summed E-state index contributed by atoms with van der Waals surface area (Å²) in [5.41, 5.74) is 2.66. The quantitative estimate of drug-likeness (QED) is 0.0726. The maximum absolute atomic E-state index is 16.1. The standard InChI is InChI=1S/C61H62N2O4/c1-7-39-59(40-8-2,57(64)62-55(53-21-13-17-45-15-9-11-19-51(45)53)60(66,47-31-23-41(3)24-32-47)48-33-25-42(4)26-34-48)58(65)63-56(54-22-14-18-46-16-10-12-20-52(46)54)61(67,49-35-27-43(5)28-36-49)50-37-29-44(6)30-38-50/h9-38,55-56,66-67H,7-8,39-40H2,1-6H3,(H,62,64)(H,63,65)/t55-,56-/m0/s1. The molecular weight excluding hydrogens is 825 g/mol. The van der Waals surface area contributed by atoms with Gasteiger partial charge >= 0.3 is 0 Å². The predicted octanol–water partition coefficient (Wildman–Crippen LogP) is 12.7. The van der Waals surface area contributed by atoms with Gasteiger partial charge in [-0.15, -0.1) is 0 Å². The van der Waals surface area contributed by atoms with E-state index in [2.05, 4.69) is 10.6 Å². The molecule has 0 fully saturated rings. The van der Waals surface area contributed by atoms with Crippen LogP contribution in [0.5, 0.6) is 0 Å². The van der Waals surface area contributed by atoms with Crippen LogP contribution in [-0.4, -0.2) is 22.0 Å². The van der Waals surface area contributed by atoms with Crippen molar-refractivity contribution in [1.29, 1.82) is 0 Å². The van der Waals surface area contributed by atoms with Gasteiger partial charge in [-0.1, -0.05) is 231 Å². The van der Waals surface area contributed by atoms with E-state index >= 15 is 9.59 Å². The zero-order chi connectivity index (χ0) is 47.3. The van der Waals surface area contributed by atoms with E-state index < -0.39 is 40.5 Å². The first-order chi connectivity index (χ1) is 32.3. The fraction of sp³-hybridized carbons (Fsp3) is 0.246. The number of benzene rings is 8. The lowest BCUT2D eigenvalue weighted by Gasteiger charge is -2.43. The molecule has 0 saturated heterocycles. The van der Waals surface area contributed by atoms with Crippen LogP contribution in [0, 0.1) is 33.1 Å². The normalized spacial score (nSPS) is 13.0. The molecule has 8 aromatic carbocycles. The maximum Gasteiger partial charge on any atom is 0.236 e. The van der Waals surface area contributed by atoms with E-state index in [9.17, 15) is 10.2 Å². The van der Waals surface area contributed by atoms with Crippen LogP contribution in [-0.2, 0) is 20.8 Å². The molecule has 2 atom stereocenters. The van der Waals surface area contributed by atoms with Crippen molar-refractivity contribution < 1.29 is 19.8 Å². The molecule has 8 aromatic rings. The lowest BCUT2D eigenvalue weighted by atomic mass is 9.72. The molecule has 0 bridgehead atoms. The number of aryl methyl sites for hydroxylation is 4. The summed E-state index contributed by atoms with van der Waals surface area (Å²) in [4.78, 5) is 32.1. The fourth-order valence-electron chi connectivity index (χ4n) is 10.1. The zero-order valence-corrected chi connectivity index (χ0v) is 39.5. The van der Waals surface area contributed by atoms with Crippen LogP contribution in [0.25, 0.3) is 21.5 Å². The zero-order valence-electron chi connectivity index (χ0n) is 39.5. The number of rotatable bonds is 16. The average molecular weight is 887 g/mol. The van der Waals surface area contributed by atoms with Crippen molar-refractivity contribution in [3.8, 4) is 0 Å². The van der Waals surface area contributed by atoms with E-state index in [1.807, 2.05) is 224 Å². The number of aliphatic hydroxyl groups is 2. The molecular formula is C61H62N2O4. The van der Waals surface area contributed by atoms with Gasteiger partial charge in [0, 0.05) is 0 Å². The second-order valence-electron chi connectivity index (χ2n) is 18.5. The molecule has 0 aliphatic carbocycles. The highest BCUT2D eigenvalue weighted by Crippen LogP contribution is 2.47. The Morgan fingerprint density at radius 3 is 1.00 bits per heavy atom. The molecule has 0 spiro atoms. The molecule has 4 N–H and O–H groups in total. The van der Waals surface area contributed by atoms with Crippen molar-refractivity contribution in [2.45, 2.75) is 90.5 Å². The minimum Gasteiger partial charge on any atom is -0.378 e. The van der Waals surface area contributed by atoms with Crippen molar-refractivity contribution in [2.75, 3.05) is 0 Å². The van der Waals surface area contributed by atoms with Crippen molar-refractivity contribution in [1.82, 2.24) is 10.6 Å². The van der Waals surface area contributed by atoms with E-state index in [0.29, 0.717) is 46.2 Å². The summed E-state index contributed by atoms with van der Waals surface area (Å²) in [6.07, 6.45) is 1.45. The molecule has 0 aliphatic rings. The summed E-state index contributed by atoms with van der Waals surface area (Å²) in [5.74, 6) is -1.01. The smallest absolute Gasteiger partial charge is 0.236 e. The summed E-state index contributed by atoms with van der Waals surface area (Å²) in [5, 5.41) is 38.0. The third-order valence-electron chi connectivity index (χ3n) is 13.8. The SMILES string of the molecule is CCCC(CCC)(C(=O)N[C@@H](c1cccc2ccccc12)C(O)(c1ccc(C)cc1)c1ccc(C)cc1)C(=O)N[C@@H](c1cccc2ccccc12)C(O)(c1ccc(C)cc1)c1ccc(C)cc1. The van der Waals surface area contributed by atoms with Gasteiger partial charge in [-0.25, -0.2) is 0 Å². The molecule has 67 heavy (non-hydrogen) atoms. The van der Waals surface area contributed by atoms with Gasteiger partial charge in [0.05, 0.1) is 12.1 Å². The van der Waals surface area contributed by atoms with E-state index in [4.69, 9.17) is 0 Å². The van der Waals surface area contributed by atoms with Crippen LogP contribution in [0.2, 0.25) is 0 Å². The predicted molar refractivity (Wildman–Crippen MR) is 273 cm³/mol. The van der Waals surface area contributed by atoms with Crippen LogP contribution in [0.3, 0.4) is 0 Å². The lowest BCUT2D eigenvalue weighted by Crippen LogP contribution is -2.57. The second kappa shape index (κ2) is 19.5. The average Bonchev–Trinajstić information content (AvgIpc) is 3.34. The number of fused-ring (bicyclic) bond motifs is 2. The number of hydrogen-bond acceptors (Lipinski definition) is 4. The first kappa shape index (κ1) is 46.7. The minimum atomic E-state index is -1.80. The van der Waals surface area contributed by atoms with E-state index in [-0.39, 0.29) is 12.8 Å². The largest absolute Gasteiger partial charge is 0.378 e. The molecule has 8 rings (SSSR count). The van der Waals surface area contributed by atoms with Gasteiger partial charge in [0.2, 0.25) is 11.8 Å². The molecule has 6 nitrogen and oxygen atoms in total. The van der Waals surface area contributed by atoms with E-state index in [1.165, 1.54) is 0 Å². The van der Waals surface area contributed by atoms with Gasteiger partial charge in [0.1, 0.15) is 16.6 Å². The third-order valence-corrected chi connectivity index (χ3v) is 13.8. The van der Waals surface area contributed by atoms with E-state index in [1.54, 1.807) is 0 Å². The van der Waals surface area contributed by atoms with Crippen LogP contribution in [0.1, 0.15) is 107 Å². The summed E-state index contributed by atoms with van der Waals surface area (Å²) in [6.45, 7) is 12.0. The van der Waals surface area contributed by atoms with Gasteiger partial charge in [-0.05, 0) is 95.5 Å². The summed E-state index contributed by atoms with van der Waals surface area (Å²) in [7, 11) is 0. The molecule has 0 aliphatic heterocycles. The Balaban J connectivity index is 1.33. The molecule has 0 radical (unpaired) electrons. The van der Waals surface area contributed by atoms with Gasteiger partial charge in [0.25, 0.3) is 0 Å². The topological polar surface area (TPSA) is 98.7 Å². The molecule has 0 saturated carbocycles. The Labute approximate surface area is 395 Å². The van der Waals surface area contributed by atoms with Crippen LogP contribution in [0.4, 0.5) is 0 Å². The molecule has 0 aromatic heterocycles. The summed E-state index contributed by atoms with van der Waals surface area (Å²) in [6, 6.07) is 56.8.